The first-order valence-electron chi connectivity index (χ1n) is 9.33. The van der Waals surface area contributed by atoms with Gasteiger partial charge in [-0.05, 0) is 30.9 Å². The molecular weight excluding hydrogens is 332 g/mol. The van der Waals surface area contributed by atoms with Crippen molar-refractivity contribution in [3.05, 3.63) is 29.8 Å². The molecule has 1 N–H and O–H groups in total. The minimum absolute atomic E-state index is 0.0359. The Morgan fingerprint density at radius 3 is 2.62 bits per heavy atom. The Bertz CT molecular complexity index is 714. The van der Waals surface area contributed by atoms with Gasteiger partial charge in [-0.3, -0.25) is 14.4 Å². The Hall–Kier alpha value is -2.37. The average Bonchev–Trinajstić information content (AvgIpc) is 3.40. The summed E-state index contributed by atoms with van der Waals surface area (Å²) in [4.78, 5) is 40.2. The first-order valence-corrected chi connectivity index (χ1v) is 9.33. The lowest BCUT2D eigenvalue weighted by Crippen LogP contribution is -2.42. The Labute approximate surface area is 153 Å². The molecule has 2 unspecified atom stereocenters. The number of hydrogen-bond donors (Lipinski definition) is 1. The number of hydrogen-bond acceptors (Lipinski definition) is 3. The van der Waals surface area contributed by atoms with Crippen LogP contribution in [0.1, 0.15) is 38.7 Å². The van der Waals surface area contributed by atoms with Crippen LogP contribution in [0.2, 0.25) is 0 Å². The van der Waals surface area contributed by atoms with Crippen LogP contribution in [0.3, 0.4) is 0 Å². The van der Waals surface area contributed by atoms with Gasteiger partial charge in [-0.1, -0.05) is 32.0 Å². The fourth-order valence-electron chi connectivity index (χ4n) is 3.59. The number of carbonyl (C=O) groups excluding carboxylic acids is 2. The Morgan fingerprint density at radius 1 is 1.31 bits per heavy atom. The van der Waals surface area contributed by atoms with Crippen molar-refractivity contribution >= 4 is 23.5 Å². The summed E-state index contributed by atoms with van der Waals surface area (Å²) < 4.78 is 0. The third kappa shape index (κ3) is 3.74. The molecule has 1 aliphatic heterocycles. The maximum Gasteiger partial charge on any atom is 0.308 e. The molecule has 6 heteroatoms. The highest BCUT2D eigenvalue weighted by molar-refractivity contribution is 6.01. The van der Waals surface area contributed by atoms with E-state index >= 15 is 0 Å². The maximum atomic E-state index is 13.0. The van der Waals surface area contributed by atoms with Gasteiger partial charge in [-0.2, -0.15) is 0 Å². The van der Waals surface area contributed by atoms with Crippen molar-refractivity contribution in [3.8, 4) is 0 Å². The molecule has 0 bridgehead atoms. The molecule has 1 saturated carbocycles. The highest BCUT2D eigenvalue weighted by Crippen LogP contribution is 2.33. The molecule has 6 nitrogen and oxygen atoms in total. The third-order valence-corrected chi connectivity index (χ3v) is 5.30. The SMILES string of the molecule is CCc1ccccc1N1CC(C(=O)N(CC(C)C(=O)O)C2CC2)CC1=O. The van der Waals surface area contributed by atoms with E-state index in [1.807, 2.05) is 31.2 Å². The first-order chi connectivity index (χ1) is 12.4. The van der Waals surface area contributed by atoms with Gasteiger partial charge in [0, 0.05) is 31.2 Å². The second kappa shape index (κ2) is 7.48. The van der Waals surface area contributed by atoms with Crippen LogP contribution in [0.5, 0.6) is 0 Å². The molecule has 2 aliphatic rings. The van der Waals surface area contributed by atoms with Crippen LogP contribution in [0, 0.1) is 11.8 Å². The molecule has 0 radical (unpaired) electrons. The van der Waals surface area contributed by atoms with Gasteiger partial charge in [0.2, 0.25) is 11.8 Å². The predicted octanol–water partition coefficient (Wildman–Crippen LogP) is 2.31. The Balaban J connectivity index is 1.74. The molecule has 0 aromatic heterocycles. The summed E-state index contributed by atoms with van der Waals surface area (Å²) in [6.07, 6.45) is 2.85. The fraction of sp³-hybridized carbons (Fsp3) is 0.550. The average molecular weight is 358 g/mol. The summed E-state index contributed by atoms with van der Waals surface area (Å²) >= 11 is 0. The summed E-state index contributed by atoms with van der Waals surface area (Å²) in [5.41, 5.74) is 1.97. The summed E-state index contributed by atoms with van der Waals surface area (Å²) in [6.45, 7) is 4.26. The number of nitrogens with zero attached hydrogens (tertiary/aromatic N) is 2. The van der Waals surface area contributed by atoms with E-state index in [4.69, 9.17) is 0 Å². The Morgan fingerprint density at radius 2 is 2.00 bits per heavy atom. The predicted molar refractivity (Wildman–Crippen MR) is 97.8 cm³/mol. The normalized spacial score (nSPS) is 20.9. The number of para-hydroxylation sites is 1. The lowest BCUT2D eigenvalue weighted by molar-refractivity contribution is -0.144. The van der Waals surface area contributed by atoms with Crippen LogP contribution in [-0.4, -0.2) is 46.9 Å². The highest BCUT2D eigenvalue weighted by Gasteiger charge is 2.42. The summed E-state index contributed by atoms with van der Waals surface area (Å²) in [5.74, 6) is -2.01. The number of amides is 2. The first kappa shape index (κ1) is 18.4. The molecule has 1 heterocycles. The zero-order valence-corrected chi connectivity index (χ0v) is 15.4. The van der Waals surface area contributed by atoms with Crippen LogP contribution in [-0.2, 0) is 20.8 Å². The van der Waals surface area contributed by atoms with Crippen molar-refractivity contribution in [3.63, 3.8) is 0 Å². The van der Waals surface area contributed by atoms with Crippen LogP contribution in [0.25, 0.3) is 0 Å². The molecule has 1 aliphatic carbocycles. The van der Waals surface area contributed by atoms with Gasteiger partial charge >= 0.3 is 5.97 Å². The topological polar surface area (TPSA) is 77.9 Å². The van der Waals surface area contributed by atoms with Gasteiger partial charge in [-0.15, -0.1) is 0 Å². The van der Waals surface area contributed by atoms with Gasteiger partial charge in [0.25, 0.3) is 0 Å². The number of carboxylic acid groups (broad SMARTS) is 1. The molecule has 26 heavy (non-hydrogen) atoms. The largest absolute Gasteiger partial charge is 0.481 e. The molecule has 1 aromatic rings. The molecule has 1 aromatic carbocycles. The summed E-state index contributed by atoms with van der Waals surface area (Å²) in [6, 6.07) is 7.92. The smallest absolute Gasteiger partial charge is 0.308 e. The van der Waals surface area contributed by atoms with Crippen LogP contribution in [0.4, 0.5) is 5.69 Å². The monoisotopic (exact) mass is 358 g/mol. The van der Waals surface area contributed by atoms with Gasteiger partial charge in [0.05, 0.1) is 11.8 Å². The van der Waals surface area contributed by atoms with Crippen molar-refractivity contribution in [1.29, 1.82) is 0 Å². The summed E-state index contributed by atoms with van der Waals surface area (Å²) in [7, 11) is 0. The maximum absolute atomic E-state index is 13.0. The van der Waals surface area contributed by atoms with E-state index in [9.17, 15) is 19.5 Å². The summed E-state index contributed by atoms with van der Waals surface area (Å²) in [5, 5.41) is 9.17. The number of carboxylic acids is 1. The van der Waals surface area contributed by atoms with E-state index < -0.39 is 17.8 Å². The number of carbonyl (C=O) groups is 3. The van der Waals surface area contributed by atoms with Crippen molar-refractivity contribution < 1.29 is 19.5 Å². The highest BCUT2D eigenvalue weighted by atomic mass is 16.4. The van der Waals surface area contributed by atoms with Gasteiger partial charge < -0.3 is 14.9 Å². The number of benzene rings is 1. The lowest BCUT2D eigenvalue weighted by atomic mass is 10.1. The van der Waals surface area contributed by atoms with Gasteiger partial charge in [-0.25, -0.2) is 0 Å². The minimum atomic E-state index is -0.899. The Kier molecular flexibility index (Phi) is 5.30. The zero-order chi connectivity index (χ0) is 18.8. The number of rotatable bonds is 7. The van der Waals surface area contributed by atoms with Crippen molar-refractivity contribution in [2.45, 2.75) is 45.6 Å². The quantitative estimate of drug-likeness (QED) is 0.811. The zero-order valence-electron chi connectivity index (χ0n) is 15.4. The third-order valence-electron chi connectivity index (χ3n) is 5.30. The van der Waals surface area contributed by atoms with Crippen LogP contribution < -0.4 is 4.90 Å². The van der Waals surface area contributed by atoms with E-state index in [0.717, 1.165) is 30.5 Å². The van der Waals surface area contributed by atoms with Crippen LogP contribution >= 0.6 is 0 Å². The number of aryl methyl sites for hydroxylation is 1. The minimum Gasteiger partial charge on any atom is -0.481 e. The lowest BCUT2D eigenvalue weighted by Gasteiger charge is -2.27. The van der Waals surface area contributed by atoms with E-state index in [-0.39, 0.29) is 30.8 Å². The van der Waals surface area contributed by atoms with E-state index in [2.05, 4.69) is 0 Å². The van der Waals surface area contributed by atoms with Crippen molar-refractivity contribution in [2.75, 3.05) is 18.0 Å². The number of anilines is 1. The van der Waals surface area contributed by atoms with Gasteiger partial charge in [0.1, 0.15) is 0 Å². The molecule has 1 saturated heterocycles. The van der Waals surface area contributed by atoms with Crippen LogP contribution in [0.15, 0.2) is 24.3 Å². The molecule has 2 fully saturated rings. The molecule has 3 rings (SSSR count). The second-order valence-electron chi connectivity index (χ2n) is 7.35. The van der Waals surface area contributed by atoms with Crippen molar-refractivity contribution in [1.82, 2.24) is 4.90 Å². The van der Waals surface area contributed by atoms with E-state index in [0.29, 0.717) is 6.54 Å². The fourth-order valence-corrected chi connectivity index (χ4v) is 3.59. The molecule has 140 valence electrons. The molecular formula is C20H26N2O4. The molecule has 2 atom stereocenters. The standard InChI is InChI=1S/C20H26N2O4/c1-3-14-6-4-5-7-17(14)22-12-15(10-18(22)23)19(24)21(16-8-9-16)11-13(2)20(25)26/h4-7,13,15-16H,3,8-12H2,1-2H3,(H,25,26). The van der Waals surface area contributed by atoms with Gasteiger partial charge in [0.15, 0.2) is 0 Å². The van der Waals surface area contributed by atoms with Crippen molar-refractivity contribution in [2.24, 2.45) is 11.8 Å². The molecule has 0 spiro atoms. The second-order valence-corrected chi connectivity index (χ2v) is 7.35. The molecule has 2 amide bonds. The number of aliphatic carboxylic acids is 1. The van der Waals surface area contributed by atoms with E-state index in [1.165, 1.54) is 0 Å². The van der Waals surface area contributed by atoms with E-state index in [1.54, 1.807) is 16.7 Å².